The van der Waals surface area contributed by atoms with Gasteiger partial charge in [0.25, 0.3) is 5.91 Å². The summed E-state index contributed by atoms with van der Waals surface area (Å²) in [6, 6.07) is 0.0213. The lowest BCUT2D eigenvalue weighted by molar-refractivity contribution is 0.0588. The minimum Gasteiger partial charge on any atom is -0.347 e. The molecule has 2 aromatic rings. The van der Waals surface area contributed by atoms with E-state index in [9.17, 15) is 4.79 Å². The van der Waals surface area contributed by atoms with Gasteiger partial charge in [-0.25, -0.2) is 4.98 Å². The van der Waals surface area contributed by atoms with Crippen LogP contribution in [0.15, 0.2) is 23.1 Å². The fourth-order valence-electron chi connectivity index (χ4n) is 2.71. The summed E-state index contributed by atoms with van der Waals surface area (Å²) in [5, 5.41) is 4.12. The lowest BCUT2D eigenvalue weighted by Gasteiger charge is -2.34. The molecule has 0 spiro atoms. The molecule has 7 heteroatoms. The molecular formula is C13H16BrN5O. The summed E-state index contributed by atoms with van der Waals surface area (Å²) in [6.45, 7) is 0.752. The molecule has 1 unspecified atom stereocenters. The Morgan fingerprint density at radius 3 is 3.00 bits per heavy atom. The van der Waals surface area contributed by atoms with Crippen LogP contribution in [0.2, 0.25) is 0 Å². The largest absolute Gasteiger partial charge is 0.347 e. The van der Waals surface area contributed by atoms with Crippen molar-refractivity contribution in [2.75, 3.05) is 6.54 Å². The second-order valence-corrected chi connectivity index (χ2v) is 5.80. The lowest BCUT2D eigenvalue weighted by Crippen LogP contribution is -2.40. The fraction of sp³-hybridized carbons (Fsp3) is 0.462. The number of likely N-dealkylation sites (tertiary alicyclic amines) is 1. The van der Waals surface area contributed by atoms with Gasteiger partial charge in [-0.2, -0.15) is 5.10 Å². The number of nitrogens with zero attached hydrogens (tertiary/aromatic N) is 4. The number of aromatic nitrogens is 4. The highest BCUT2D eigenvalue weighted by Crippen LogP contribution is 2.31. The second kappa shape index (κ2) is 5.40. The van der Waals surface area contributed by atoms with Gasteiger partial charge in [0, 0.05) is 26.0 Å². The maximum Gasteiger partial charge on any atom is 0.273 e. The first kappa shape index (κ1) is 13.4. The Morgan fingerprint density at radius 1 is 1.50 bits per heavy atom. The highest BCUT2D eigenvalue weighted by Gasteiger charge is 2.32. The van der Waals surface area contributed by atoms with Crippen LogP contribution in [0.4, 0.5) is 0 Å². The number of rotatable bonds is 2. The van der Waals surface area contributed by atoms with Crippen LogP contribution in [-0.2, 0) is 7.05 Å². The zero-order valence-electron chi connectivity index (χ0n) is 11.2. The molecule has 1 N–H and O–H groups in total. The van der Waals surface area contributed by atoms with E-state index in [1.54, 1.807) is 30.3 Å². The van der Waals surface area contributed by atoms with E-state index in [0.717, 1.165) is 36.1 Å². The number of imidazole rings is 1. The number of H-pyrrole nitrogens is 1. The number of aromatic amines is 1. The smallest absolute Gasteiger partial charge is 0.273 e. The van der Waals surface area contributed by atoms with Gasteiger partial charge in [0.15, 0.2) is 0 Å². The maximum atomic E-state index is 12.8. The molecule has 1 atom stereocenters. The number of amides is 1. The third-order valence-electron chi connectivity index (χ3n) is 3.70. The molecule has 1 aliphatic heterocycles. The number of aryl methyl sites for hydroxylation is 1. The molecule has 0 aliphatic carbocycles. The zero-order chi connectivity index (χ0) is 14.1. The molecule has 0 radical (unpaired) electrons. The Hall–Kier alpha value is -1.63. The van der Waals surface area contributed by atoms with Gasteiger partial charge in [-0.3, -0.25) is 9.48 Å². The van der Waals surface area contributed by atoms with Crippen LogP contribution >= 0.6 is 15.9 Å². The summed E-state index contributed by atoms with van der Waals surface area (Å²) in [4.78, 5) is 22.1. The molecule has 1 amide bonds. The standard InChI is InChI=1S/C13H16BrN5O/c1-18-11(9(14)8-17-18)13(20)19-7-3-2-4-10(19)12-15-5-6-16-12/h5-6,8,10H,2-4,7H2,1H3,(H,15,16). The molecule has 0 bridgehead atoms. The van der Waals surface area contributed by atoms with Gasteiger partial charge in [-0.1, -0.05) is 0 Å². The molecule has 3 heterocycles. The summed E-state index contributed by atoms with van der Waals surface area (Å²) >= 11 is 3.40. The van der Waals surface area contributed by atoms with Gasteiger partial charge in [-0.05, 0) is 35.2 Å². The molecule has 2 aromatic heterocycles. The first-order valence-electron chi connectivity index (χ1n) is 6.66. The van der Waals surface area contributed by atoms with Crippen molar-refractivity contribution in [3.63, 3.8) is 0 Å². The predicted molar refractivity (Wildman–Crippen MR) is 77.1 cm³/mol. The molecule has 0 saturated carbocycles. The Kier molecular flexibility index (Phi) is 3.60. The number of carbonyl (C=O) groups excluding carboxylic acids is 1. The number of hydrogen-bond acceptors (Lipinski definition) is 3. The van der Waals surface area contributed by atoms with E-state index in [2.05, 4.69) is 31.0 Å². The monoisotopic (exact) mass is 337 g/mol. The molecule has 1 aliphatic rings. The quantitative estimate of drug-likeness (QED) is 0.913. The summed E-state index contributed by atoms with van der Waals surface area (Å²) in [5.74, 6) is 0.856. The van der Waals surface area contributed by atoms with Gasteiger partial charge < -0.3 is 9.88 Å². The highest BCUT2D eigenvalue weighted by molar-refractivity contribution is 9.10. The van der Waals surface area contributed by atoms with E-state index < -0.39 is 0 Å². The molecule has 20 heavy (non-hydrogen) atoms. The topological polar surface area (TPSA) is 66.8 Å². The normalized spacial score (nSPS) is 19.3. The Labute approximate surface area is 125 Å². The Morgan fingerprint density at radius 2 is 2.35 bits per heavy atom. The molecule has 1 fully saturated rings. The summed E-state index contributed by atoms with van der Waals surface area (Å²) in [6.07, 6.45) is 8.26. The number of hydrogen-bond donors (Lipinski definition) is 1. The van der Waals surface area contributed by atoms with Crippen LogP contribution in [0, 0.1) is 0 Å². The third-order valence-corrected chi connectivity index (χ3v) is 4.28. The molecule has 1 saturated heterocycles. The van der Waals surface area contributed by atoms with Crippen LogP contribution in [0.1, 0.15) is 41.6 Å². The number of halogens is 1. The number of carbonyl (C=O) groups is 1. The summed E-state index contributed by atoms with van der Waals surface area (Å²) in [5.41, 5.74) is 0.587. The number of nitrogens with one attached hydrogen (secondary N) is 1. The molecule has 3 rings (SSSR count). The van der Waals surface area contributed by atoms with E-state index in [-0.39, 0.29) is 11.9 Å². The van der Waals surface area contributed by atoms with Crippen molar-refractivity contribution in [1.29, 1.82) is 0 Å². The van der Waals surface area contributed by atoms with E-state index in [1.165, 1.54) is 0 Å². The van der Waals surface area contributed by atoms with E-state index >= 15 is 0 Å². The number of piperidine rings is 1. The SMILES string of the molecule is Cn1ncc(Br)c1C(=O)N1CCCCC1c1ncc[nH]1. The first-order valence-corrected chi connectivity index (χ1v) is 7.45. The van der Waals surface area contributed by atoms with Crippen molar-refractivity contribution in [1.82, 2.24) is 24.6 Å². The van der Waals surface area contributed by atoms with E-state index in [1.807, 2.05) is 4.90 Å². The molecule has 6 nitrogen and oxygen atoms in total. The maximum absolute atomic E-state index is 12.8. The predicted octanol–water partition coefficient (Wildman–Crippen LogP) is 2.27. The van der Waals surface area contributed by atoms with Crippen molar-refractivity contribution >= 4 is 21.8 Å². The molecule has 106 valence electrons. The van der Waals surface area contributed by atoms with Crippen LogP contribution in [0.5, 0.6) is 0 Å². The van der Waals surface area contributed by atoms with Crippen molar-refractivity contribution in [3.8, 4) is 0 Å². The van der Waals surface area contributed by atoms with Gasteiger partial charge >= 0.3 is 0 Å². The van der Waals surface area contributed by atoms with Crippen molar-refractivity contribution in [2.24, 2.45) is 7.05 Å². The van der Waals surface area contributed by atoms with Crippen LogP contribution < -0.4 is 0 Å². The van der Waals surface area contributed by atoms with Crippen LogP contribution in [-0.4, -0.2) is 37.1 Å². The lowest BCUT2D eigenvalue weighted by atomic mass is 10.0. The van der Waals surface area contributed by atoms with Crippen LogP contribution in [0.25, 0.3) is 0 Å². The van der Waals surface area contributed by atoms with Crippen molar-refractivity contribution in [2.45, 2.75) is 25.3 Å². The van der Waals surface area contributed by atoms with Gasteiger partial charge in [0.2, 0.25) is 0 Å². The molecular weight excluding hydrogens is 322 g/mol. The van der Waals surface area contributed by atoms with Gasteiger partial charge in [0.1, 0.15) is 11.5 Å². The third kappa shape index (κ3) is 2.26. The fourth-order valence-corrected chi connectivity index (χ4v) is 3.22. The Bertz CT molecular complexity index is 587. The summed E-state index contributed by atoms with van der Waals surface area (Å²) in [7, 11) is 1.78. The Balaban J connectivity index is 1.92. The average Bonchev–Trinajstić information content (AvgIpc) is 3.09. The van der Waals surface area contributed by atoms with Crippen molar-refractivity contribution in [3.05, 3.63) is 34.6 Å². The summed E-state index contributed by atoms with van der Waals surface area (Å²) < 4.78 is 2.34. The van der Waals surface area contributed by atoms with Crippen LogP contribution in [0.3, 0.4) is 0 Å². The van der Waals surface area contributed by atoms with Crippen molar-refractivity contribution < 1.29 is 4.79 Å². The van der Waals surface area contributed by atoms with E-state index in [0.29, 0.717) is 5.69 Å². The first-order chi connectivity index (χ1) is 9.68. The van der Waals surface area contributed by atoms with Gasteiger partial charge in [-0.15, -0.1) is 0 Å². The average molecular weight is 338 g/mol. The van der Waals surface area contributed by atoms with Gasteiger partial charge in [0.05, 0.1) is 16.7 Å². The van der Waals surface area contributed by atoms with E-state index in [4.69, 9.17) is 0 Å². The minimum absolute atomic E-state index is 0.00187. The minimum atomic E-state index is -0.00187. The highest BCUT2D eigenvalue weighted by atomic mass is 79.9. The zero-order valence-corrected chi connectivity index (χ0v) is 12.8. The molecule has 0 aromatic carbocycles. The second-order valence-electron chi connectivity index (χ2n) is 4.95.